The number of hydrogen-bond donors (Lipinski definition) is 4. The fraction of sp³-hybridized carbons (Fsp3) is 0.543. The Labute approximate surface area is 287 Å². The van der Waals surface area contributed by atoms with Crippen molar-refractivity contribution in [3.8, 4) is 6.07 Å². The van der Waals surface area contributed by atoms with Crippen molar-refractivity contribution in [3.63, 3.8) is 0 Å². The number of morpholine rings is 1. The van der Waals surface area contributed by atoms with E-state index in [4.69, 9.17) is 9.26 Å². The number of aliphatic hydroxyl groups excluding tert-OH is 1. The van der Waals surface area contributed by atoms with Gasteiger partial charge in [-0.3, -0.25) is 24.1 Å². The summed E-state index contributed by atoms with van der Waals surface area (Å²) in [7, 11) is 1.62. The highest BCUT2D eigenvalue weighted by Crippen LogP contribution is 2.20. The van der Waals surface area contributed by atoms with E-state index in [0.717, 1.165) is 11.1 Å². The fourth-order valence-electron chi connectivity index (χ4n) is 5.37. The summed E-state index contributed by atoms with van der Waals surface area (Å²) in [5, 5.41) is 31.8. The summed E-state index contributed by atoms with van der Waals surface area (Å²) in [5.74, 6) is -1.91. The van der Waals surface area contributed by atoms with Crippen molar-refractivity contribution in [2.45, 2.75) is 84.2 Å². The zero-order chi connectivity index (χ0) is 36.1. The van der Waals surface area contributed by atoms with Gasteiger partial charge in [0.15, 0.2) is 5.69 Å². The van der Waals surface area contributed by atoms with E-state index in [1.54, 1.807) is 20.0 Å². The van der Waals surface area contributed by atoms with Crippen molar-refractivity contribution in [2.75, 3.05) is 39.9 Å². The van der Waals surface area contributed by atoms with Crippen LogP contribution >= 0.6 is 0 Å². The number of ether oxygens (including phenoxy) is 1. The molecule has 0 spiro atoms. The maximum Gasteiger partial charge on any atom is 0.274 e. The van der Waals surface area contributed by atoms with Gasteiger partial charge >= 0.3 is 0 Å². The second-order valence-electron chi connectivity index (χ2n) is 12.9. The zero-order valence-electron chi connectivity index (χ0n) is 29.2. The van der Waals surface area contributed by atoms with Crippen LogP contribution in [0.2, 0.25) is 0 Å². The summed E-state index contributed by atoms with van der Waals surface area (Å²) in [6.45, 7) is 12.0. The molecule has 1 fully saturated rings. The van der Waals surface area contributed by atoms with Crippen molar-refractivity contribution < 1.29 is 33.5 Å². The predicted molar refractivity (Wildman–Crippen MR) is 181 cm³/mol. The fourth-order valence-corrected chi connectivity index (χ4v) is 5.37. The average molecular weight is 680 g/mol. The number of nitrogens with zero attached hydrogens (tertiary/aromatic N) is 4. The lowest BCUT2D eigenvalue weighted by molar-refractivity contribution is -0.131. The lowest BCUT2D eigenvalue weighted by Gasteiger charge is -2.39. The van der Waals surface area contributed by atoms with Crippen molar-refractivity contribution in [1.82, 2.24) is 30.9 Å². The van der Waals surface area contributed by atoms with Crippen molar-refractivity contribution >= 4 is 23.6 Å². The number of benzene rings is 1. The first kappa shape index (κ1) is 38.9. The molecule has 4 N–H and O–H groups in total. The molecule has 0 saturated carbocycles. The highest BCUT2D eigenvalue weighted by atomic mass is 16.5. The zero-order valence-corrected chi connectivity index (χ0v) is 29.2. The van der Waals surface area contributed by atoms with Gasteiger partial charge in [0.2, 0.25) is 11.8 Å². The summed E-state index contributed by atoms with van der Waals surface area (Å²) in [5.41, 5.74) is 1.43. The Balaban J connectivity index is 1.65. The Morgan fingerprint density at radius 1 is 1.10 bits per heavy atom. The van der Waals surface area contributed by atoms with Gasteiger partial charge in [0.05, 0.1) is 19.3 Å². The molecule has 1 aromatic heterocycles. The van der Waals surface area contributed by atoms with Crippen LogP contribution in [0.25, 0.3) is 0 Å². The molecule has 4 amide bonds. The number of aromatic nitrogens is 1. The van der Waals surface area contributed by atoms with Gasteiger partial charge in [-0.05, 0) is 65.5 Å². The van der Waals surface area contributed by atoms with Crippen molar-refractivity contribution in [2.24, 2.45) is 0 Å². The Hall–Kier alpha value is -4.58. The molecule has 2 aromatic rings. The Bertz CT molecular complexity index is 1500. The van der Waals surface area contributed by atoms with E-state index < -0.39 is 47.4 Å². The van der Waals surface area contributed by atoms with Gasteiger partial charge in [-0.15, -0.1) is 0 Å². The number of aliphatic hydroxyl groups is 1. The van der Waals surface area contributed by atoms with Gasteiger partial charge in [0, 0.05) is 44.8 Å². The quantitative estimate of drug-likeness (QED) is 0.116. The molecular formula is C35H49N7O7. The number of rotatable bonds is 16. The standard InChI is InChI=1S/C35H49N7O7/c1-23-10-12-26(13-11-23)22-37-31(44)28(38-33(46)30(25(3)43)39-32(45)29-19-24(2)49-40-29)9-7-8-14-41(6)34(47)27(21-36)20-35(4,5)42-15-17-48-18-16-42/h10-13,19-20,25,28,30,43H,7-9,14-18,22H2,1-6H3,(H,37,44)(H,38,46)(H,39,45). The molecule has 14 nitrogen and oxygen atoms in total. The highest BCUT2D eigenvalue weighted by molar-refractivity contribution is 5.98. The number of amides is 4. The molecule has 1 aromatic carbocycles. The molecule has 2 heterocycles. The van der Waals surface area contributed by atoms with E-state index >= 15 is 0 Å². The smallest absolute Gasteiger partial charge is 0.274 e. The maximum absolute atomic E-state index is 13.4. The summed E-state index contributed by atoms with van der Waals surface area (Å²) >= 11 is 0. The predicted octanol–water partition coefficient (Wildman–Crippen LogP) is 1.76. The lowest BCUT2D eigenvalue weighted by atomic mass is 9.98. The van der Waals surface area contributed by atoms with Gasteiger partial charge < -0.3 is 35.2 Å². The largest absolute Gasteiger partial charge is 0.391 e. The minimum absolute atomic E-state index is 0.0478. The Morgan fingerprint density at radius 3 is 2.37 bits per heavy atom. The first-order valence-corrected chi connectivity index (χ1v) is 16.5. The van der Waals surface area contributed by atoms with Crippen LogP contribution in [0, 0.1) is 25.2 Å². The number of hydrogen-bond acceptors (Lipinski definition) is 10. The number of carbonyl (C=O) groups is 4. The van der Waals surface area contributed by atoms with Crippen LogP contribution < -0.4 is 16.0 Å². The molecule has 3 unspecified atom stereocenters. The minimum atomic E-state index is -1.38. The minimum Gasteiger partial charge on any atom is -0.391 e. The van der Waals surface area contributed by atoms with Crippen molar-refractivity contribution in [3.05, 3.63) is 64.6 Å². The molecule has 1 aliphatic rings. The normalized spacial score (nSPS) is 15.8. The van der Waals surface area contributed by atoms with E-state index in [9.17, 15) is 29.5 Å². The number of aryl methyl sites for hydroxylation is 2. The third kappa shape index (κ3) is 11.8. The SMILES string of the molecule is Cc1ccc(CNC(=O)C(CCCCN(C)C(=O)C(C#N)=CC(C)(C)N2CCOCC2)NC(=O)C(NC(=O)c2cc(C)on2)C(C)O)cc1. The maximum atomic E-state index is 13.4. The second kappa shape index (κ2) is 18.3. The first-order valence-electron chi connectivity index (χ1n) is 16.5. The topological polar surface area (TPSA) is 190 Å². The van der Waals surface area contributed by atoms with Crippen LogP contribution in [0.1, 0.15) is 67.4 Å². The van der Waals surface area contributed by atoms with E-state index in [-0.39, 0.29) is 24.2 Å². The number of nitrogens with one attached hydrogen (secondary N) is 3. The van der Waals surface area contributed by atoms with Gasteiger partial charge in [-0.25, -0.2) is 0 Å². The van der Waals surface area contributed by atoms with Crippen LogP contribution in [-0.4, -0.2) is 107 Å². The molecular weight excluding hydrogens is 630 g/mol. The molecule has 1 aliphatic heterocycles. The van der Waals surface area contributed by atoms with E-state index in [2.05, 4.69) is 32.1 Å². The monoisotopic (exact) mass is 679 g/mol. The number of carbonyl (C=O) groups excluding carboxylic acids is 4. The Morgan fingerprint density at radius 2 is 1.78 bits per heavy atom. The molecule has 14 heteroatoms. The summed E-state index contributed by atoms with van der Waals surface area (Å²) < 4.78 is 10.4. The van der Waals surface area contributed by atoms with Gasteiger partial charge in [-0.1, -0.05) is 35.0 Å². The van der Waals surface area contributed by atoms with E-state index in [1.165, 1.54) is 17.9 Å². The third-order valence-electron chi connectivity index (χ3n) is 8.39. The number of nitriles is 1. The van der Waals surface area contributed by atoms with E-state index in [1.807, 2.05) is 45.0 Å². The molecule has 49 heavy (non-hydrogen) atoms. The molecule has 0 radical (unpaired) electrons. The lowest BCUT2D eigenvalue weighted by Crippen LogP contribution is -2.57. The van der Waals surface area contributed by atoms with Gasteiger partial charge in [0.25, 0.3) is 11.8 Å². The van der Waals surface area contributed by atoms with Crippen LogP contribution in [0.15, 0.2) is 46.5 Å². The first-order chi connectivity index (χ1) is 23.2. The van der Waals surface area contributed by atoms with Crippen LogP contribution in [0.3, 0.4) is 0 Å². The van der Waals surface area contributed by atoms with Crippen LogP contribution in [-0.2, 0) is 25.7 Å². The molecule has 0 aliphatic carbocycles. The molecule has 3 atom stereocenters. The van der Waals surface area contributed by atoms with Crippen molar-refractivity contribution in [1.29, 1.82) is 5.26 Å². The highest BCUT2D eigenvalue weighted by Gasteiger charge is 2.31. The van der Waals surface area contributed by atoms with Crippen LogP contribution in [0.5, 0.6) is 0 Å². The van der Waals surface area contributed by atoms with Gasteiger partial charge in [-0.2, -0.15) is 5.26 Å². The Kier molecular flexibility index (Phi) is 14.5. The number of likely N-dealkylation sites (N-methyl/N-ethyl adjacent to an activating group) is 1. The summed E-state index contributed by atoms with van der Waals surface area (Å²) in [6.07, 6.45) is 1.54. The van der Waals surface area contributed by atoms with Gasteiger partial charge in [0.1, 0.15) is 29.5 Å². The molecule has 3 rings (SSSR count). The molecule has 0 bridgehead atoms. The molecule has 266 valence electrons. The summed E-state index contributed by atoms with van der Waals surface area (Å²) in [4.78, 5) is 56.2. The van der Waals surface area contributed by atoms with Crippen LogP contribution in [0.4, 0.5) is 0 Å². The average Bonchev–Trinajstić information content (AvgIpc) is 3.52. The number of unbranched alkanes of at least 4 members (excludes halogenated alkanes) is 1. The summed E-state index contributed by atoms with van der Waals surface area (Å²) in [6, 6.07) is 8.72. The molecule has 1 saturated heterocycles. The second-order valence-corrected chi connectivity index (χ2v) is 12.9. The van der Waals surface area contributed by atoms with E-state index in [0.29, 0.717) is 51.4 Å². The third-order valence-corrected chi connectivity index (χ3v) is 8.39.